The van der Waals surface area contributed by atoms with Gasteiger partial charge in [0.25, 0.3) is 5.56 Å². The van der Waals surface area contributed by atoms with Crippen LogP contribution in [0.4, 0.5) is 4.39 Å². The molecule has 0 atom stereocenters. The topological polar surface area (TPSA) is 92.3 Å². The predicted octanol–water partition coefficient (Wildman–Crippen LogP) is 3.25. The van der Waals surface area contributed by atoms with Gasteiger partial charge in [-0.25, -0.2) is 4.39 Å². The molecule has 1 saturated carbocycles. The van der Waals surface area contributed by atoms with Crippen molar-refractivity contribution in [1.29, 1.82) is 5.26 Å². The Balaban J connectivity index is 1.97. The molecule has 0 unspecified atom stereocenters. The fourth-order valence-corrected chi connectivity index (χ4v) is 3.51. The summed E-state index contributed by atoms with van der Waals surface area (Å²) in [6.45, 7) is 1.05. The lowest BCUT2D eigenvalue weighted by Crippen LogP contribution is -2.29. The van der Waals surface area contributed by atoms with Crippen molar-refractivity contribution in [2.45, 2.75) is 38.6 Å². The monoisotopic (exact) mass is 370 g/mol. The number of hydrogen-bond acceptors (Lipinski definition) is 5. The van der Waals surface area contributed by atoms with E-state index in [2.05, 4.69) is 0 Å². The lowest BCUT2D eigenvalue weighted by molar-refractivity contribution is 0.0916. The summed E-state index contributed by atoms with van der Waals surface area (Å²) in [5.74, 6) is -1.11. The lowest BCUT2D eigenvalue weighted by atomic mass is 10.0. The molecular formula is C20H19FN2O4. The van der Waals surface area contributed by atoms with E-state index in [4.69, 9.17) is 4.74 Å². The smallest absolute Gasteiger partial charge is 0.271 e. The largest absolute Gasteiger partial charge is 0.494 e. The molecular weight excluding hydrogens is 351 g/mol. The number of carbonyl (C=O) groups excluding carboxylic acids is 1. The Morgan fingerprint density at radius 3 is 2.56 bits per heavy atom. The molecule has 3 rings (SSSR count). The predicted molar refractivity (Wildman–Crippen MR) is 95.5 cm³/mol. The molecule has 1 fully saturated rings. The van der Waals surface area contributed by atoms with Crippen LogP contribution in [-0.2, 0) is 0 Å². The number of rotatable bonds is 5. The summed E-state index contributed by atoms with van der Waals surface area (Å²) in [6, 6.07) is 6.80. The van der Waals surface area contributed by atoms with E-state index in [1.54, 1.807) is 0 Å². The molecule has 1 aromatic carbocycles. The number of pyridine rings is 1. The number of halogens is 1. The van der Waals surface area contributed by atoms with Crippen molar-refractivity contribution in [3.63, 3.8) is 0 Å². The number of aromatic nitrogens is 1. The molecule has 0 radical (unpaired) electrons. The molecule has 0 amide bonds. The summed E-state index contributed by atoms with van der Waals surface area (Å²) in [5.41, 5.74) is -0.664. The number of nitrogens with zero attached hydrogens (tertiary/aromatic N) is 2. The van der Waals surface area contributed by atoms with Crippen LogP contribution in [0.15, 0.2) is 29.1 Å². The van der Waals surface area contributed by atoms with Crippen LogP contribution in [0.3, 0.4) is 0 Å². The van der Waals surface area contributed by atoms with Gasteiger partial charge < -0.3 is 9.84 Å². The molecule has 1 aliphatic carbocycles. The van der Waals surface area contributed by atoms with Crippen LogP contribution in [0, 0.1) is 24.1 Å². The molecule has 7 heteroatoms. The van der Waals surface area contributed by atoms with Gasteiger partial charge in [0.1, 0.15) is 23.2 Å². The maximum atomic E-state index is 13.0. The Morgan fingerprint density at radius 2 is 1.96 bits per heavy atom. The summed E-state index contributed by atoms with van der Waals surface area (Å²) >= 11 is 0. The van der Waals surface area contributed by atoms with Crippen molar-refractivity contribution >= 4 is 5.78 Å². The van der Waals surface area contributed by atoms with Gasteiger partial charge in [-0.05, 0) is 49.6 Å². The number of carbonyl (C=O) groups is 1. The molecule has 0 bridgehead atoms. The Kier molecular flexibility index (Phi) is 5.26. The van der Waals surface area contributed by atoms with E-state index < -0.39 is 29.6 Å². The van der Waals surface area contributed by atoms with E-state index in [1.807, 2.05) is 6.07 Å². The fourth-order valence-electron chi connectivity index (χ4n) is 3.51. The fraction of sp³-hybridized carbons (Fsp3) is 0.350. The number of aromatic hydroxyl groups is 1. The normalized spacial score (nSPS) is 14.1. The minimum atomic E-state index is -0.574. The molecule has 1 aliphatic rings. The van der Waals surface area contributed by atoms with Gasteiger partial charge in [-0.1, -0.05) is 12.8 Å². The van der Waals surface area contributed by atoms with Gasteiger partial charge in [-0.15, -0.1) is 0 Å². The Bertz CT molecular complexity index is 967. The maximum absolute atomic E-state index is 13.0. The van der Waals surface area contributed by atoms with E-state index in [0.29, 0.717) is 18.6 Å². The highest BCUT2D eigenvalue weighted by molar-refractivity contribution is 6.01. The van der Waals surface area contributed by atoms with E-state index in [-0.39, 0.29) is 22.7 Å². The second-order valence-corrected chi connectivity index (χ2v) is 6.59. The Hall–Kier alpha value is -3.14. The third kappa shape index (κ3) is 3.56. The van der Waals surface area contributed by atoms with Crippen LogP contribution in [0.5, 0.6) is 11.6 Å². The third-order valence-electron chi connectivity index (χ3n) is 4.90. The van der Waals surface area contributed by atoms with Crippen molar-refractivity contribution in [3.8, 4) is 17.7 Å². The van der Waals surface area contributed by atoms with Crippen LogP contribution < -0.4 is 10.3 Å². The average molecular weight is 370 g/mol. The van der Waals surface area contributed by atoms with Crippen LogP contribution in [0.25, 0.3) is 0 Å². The number of ketones is 1. The van der Waals surface area contributed by atoms with Gasteiger partial charge >= 0.3 is 0 Å². The molecule has 6 nitrogen and oxygen atoms in total. The molecule has 27 heavy (non-hydrogen) atoms. The molecule has 1 aromatic heterocycles. The van der Waals surface area contributed by atoms with Gasteiger partial charge in [-0.3, -0.25) is 14.2 Å². The minimum absolute atomic E-state index is 0.0832. The Morgan fingerprint density at radius 1 is 1.33 bits per heavy atom. The van der Waals surface area contributed by atoms with E-state index in [0.717, 1.165) is 12.8 Å². The number of hydrogen-bond donors (Lipinski definition) is 1. The van der Waals surface area contributed by atoms with Crippen molar-refractivity contribution in [2.24, 2.45) is 0 Å². The van der Waals surface area contributed by atoms with Crippen molar-refractivity contribution in [1.82, 2.24) is 4.57 Å². The van der Waals surface area contributed by atoms with E-state index in [1.165, 1.54) is 35.8 Å². The van der Waals surface area contributed by atoms with Crippen LogP contribution in [-0.4, -0.2) is 22.1 Å². The second-order valence-electron chi connectivity index (χ2n) is 6.59. The summed E-state index contributed by atoms with van der Waals surface area (Å²) in [6.07, 6.45) is 3.26. The highest BCUT2D eigenvalue weighted by Crippen LogP contribution is 2.34. The van der Waals surface area contributed by atoms with Crippen LogP contribution >= 0.6 is 0 Å². The van der Waals surface area contributed by atoms with E-state index in [9.17, 15) is 24.3 Å². The first-order valence-corrected chi connectivity index (χ1v) is 8.73. The van der Waals surface area contributed by atoms with Crippen molar-refractivity contribution < 1.29 is 19.0 Å². The van der Waals surface area contributed by atoms with Crippen molar-refractivity contribution in [2.75, 3.05) is 6.61 Å². The number of benzene rings is 1. The highest BCUT2D eigenvalue weighted by atomic mass is 19.1. The number of nitriles is 1. The molecule has 140 valence electrons. The van der Waals surface area contributed by atoms with Gasteiger partial charge in [0.05, 0.1) is 5.56 Å². The zero-order valence-corrected chi connectivity index (χ0v) is 14.9. The van der Waals surface area contributed by atoms with Gasteiger partial charge in [0, 0.05) is 6.04 Å². The standard InChI is InChI=1S/C20H19FN2O4/c1-12-16(10-22)19(25)23(14-4-2-3-5-14)20(26)18(12)17(24)11-27-15-8-6-13(21)7-9-15/h6-9,14,26H,2-5,11H2,1H3. The van der Waals surface area contributed by atoms with Gasteiger partial charge in [0.15, 0.2) is 6.61 Å². The second kappa shape index (κ2) is 7.62. The quantitative estimate of drug-likeness (QED) is 0.816. The van der Waals surface area contributed by atoms with Gasteiger partial charge in [0.2, 0.25) is 11.7 Å². The lowest BCUT2D eigenvalue weighted by Gasteiger charge is -2.20. The summed E-state index contributed by atoms with van der Waals surface area (Å²) in [4.78, 5) is 25.3. The number of Topliss-reactive ketones (excluding diaryl/α,β-unsaturated/α-hetero) is 1. The number of ether oxygens (including phenoxy) is 1. The SMILES string of the molecule is Cc1c(C(=O)COc2ccc(F)cc2)c(O)n(C2CCCC2)c(=O)c1C#N. The molecule has 0 spiro atoms. The summed E-state index contributed by atoms with van der Waals surface area (Å²) in [5, 5.41) is 20.0. The molecule has 1 N–H and O–H groups in total. The highest BCUT2D eigenvalue weighted by Gasteiger charge is 2.29. The average Bonchev–Trinajstić information content (AvgIpc) is 3.16. The van der Waals surface area contributed by atoms with Crippen LogP contribution in [0.2, 0.25) is 0 Å². The van der Waals surface area contributed by atoms with E-state index >= 15 is 0 Å². The zero-order valence-electron chi connectivity index (χ0n) is 14.9. The summed E-state index contributed by atoms with van der Waals surface area (Å²) < 4.78 is 19.5. The molecule has 1 heterocycles. The summed E-state index contributed by atoms with van der Waals surface area (Å²) in [7, 11) is 0. The first kappa shape index (κ1) is 18.6. The Labute approximate surface area is 155 Å². The molecule has 0 saturated heterocycles. The van der Waals surface area contributed by atoms with Crippen LogP contribution in [0.1, 0.15) is 53.2 Å². The van der Waals surface area contributed by atoms with Crippen molar-refractivity contribution in [3.05, 3.63) is 57.1 Å². The first-order chi connectivity index (χ1) is 12.9. The maximum Gasteiger partial charge on any atom is 0.271 e. The van der Waals surface area contributed by atoms with Gasteiger partial charge in [-0.2, -0.15) is 5.26 Å². The zero-order chi connectivity index (χ0) is 19.6. The molecule has 2 aromatic rings. The minimum Gasteiger partial charge on any atom is -0.494 e. The third-order valence-corrected chi connectivity index (χ3v) is 4.90. The first-order valence-electron chi connectivity index (χ1n) is 8.73. The molecule has 0 aliphatic heterocycles.